The molecule has 1 heterocycles. The molecule has 1 aliphatic heterocycles. The number of aromatic hydroxyl groups is 1. The van der Waals surface area contributed by atoms with E-state index in [1.807, 2.05) is 12.1 Å². The smallest absolute Gasteiger partial charge is 0.159 e. The zero-order valence-corrected chi connectivity index (χ0v) is 18.5. The van der Waals surface area contributed by atoms with E-state index in [2.05, 4.69) is 42.2 Å². The standard InChI is InChI=1S/C26H35NO3/c1-4-18-5-6-21-17-23(28)11-12-24(21)25(18)19-7-9-22(10-8-19)27-15-13-20(14-16-27)26(29-2)30-3/h7-12,17-18,20,25-26,28H,4-6,13-16H2,1-3H3/t18-,25+/m1/s1. The first-order valence-electron chi connectivity index (χ1n) is 11.4. The molecule has 2 aliphatic rings. The van der Waals surface area contributed by atoms with E-state index in [0.29, 0.717) is 23.5 Å². The van der Waals surface area contributed by atoms with Crippen LogP contribution in [0.25, 0.3) is 0 Å². The number of piperidine rings is 1. The van der Waals surface area contributed by atoms with Crippen molar-refractivity contribution in [2.45, 2.75) is 51.2 Å². The van der Waals surface area contributed by atoms with Crippen molar-refractivity contribution in [3.05, 3.63) is 59.2 Å². The van der Waals surface area contributed by atoms with E-state index >= 15 is 0 Å². The number of methoxy groups -OCH3 is 2. The molecule has 0 amide bonds. The van der Waals surface area contributed by atoms with Gasteiger partial charge in [-0.2, -0.15) is 0 Å². The lowest BCUT2D eigenvalue weighted by Crippen LogP contribution is -2.39. The Hall–Kier alpha value is -2.04. The third kappa shape index (κ3) is 4.21. The third-order valence-corrected chi connectivity index (χ3v) is 7.25. The van der Waals surface area contributed by atoms with Gasteiger partial charge in [0.25, 0.3) is 0 Å². The first kappa shape index (κ1) is 21.2. The normalized spacial score (nSPS) is 22.3. The summed E-state index contributed by atoms with van der Waals surface area (Å²) >= 11 is 0. The second-order valence-electron chi connectivity index (χ2n) is 8.82. The van der Waals surface area contributed by atoms with Gasteiger partial charge in [-0.25, -0.2) is 0 Å². The van der Waals surface area contributed by atoms with Crippen LogP contribution >= 0.6 is 0 Å². The summed E-state index contributed by atoms with van der Waals surface area (Å²) in [7, 11) is 3.46. The van der Waals surface area contributed by atoms with Crippen molar-refractivity contribution in [1.29, 1.82) is 0 Å². The highest BCUT2D eigenvalue weighted by atomic mass is 16.7. The molecule has 2 aromatic rings. The molecule has 162 valence electrons. The van der Waals surface area contributed by atoms with Crippen LogP contribution in [-0.4, -0.2) is 38.7 Å². The van der Waals surface area contributed by atoms with Gasteiger partial charge in [-0.1, -0.05) is 31.5 Å². The first-order valence-corrected chi connectivity index (χ1v) is 11.4. The molecule has 2 atom stereocenters. The Morgan fingerprint density at radius 1 is 1.00 bits per heavy atom. The molecule has 1 fully saturated rings. The van der Waals surface area contributed by atoms with Gasteiger partial charge in [0.1, 0.15) is 5.75 Å². The van der Waals surface area contributed by atoms with Crippen LogP contribution in [0.15, 0.2) is 42.5 Å². The number of anilines is 1. The van der Waals surface area contributed by atoms with Crippen molar-refractivity contribution in [2.75, 3.05) is 32.2 Å². The predicted octanol–water partition coefficient (Wildman–Crippen LogP) is 5.33. The van der Waals surface area contributed by atoms with E-state index < -0.39 is 0 Å². The number of aryl methyl sites for hydroxylation is 1. The lowest BCUT2D eigenvalue weighted by molar-refractivity contribution is -0.141. The average Bonchev–Trinajstić information content (AvgIpc) is 2.79. The highest BCUT2D eigenvalue weighted by Gasteiger charge is 2.30. The monoisotopic (exact) mass is 409 g/mol. The van der Waals surface area contributed by atoms with Gasteiger partial charge < -0.3 is 19.5 Å². The molecule has 1 aliphatic carbocycles. The molecular weight excluding hydrogens is 374 g/mol. The molecule has 0 unspecified atom stereocenters. The molecule has 1 N–H and O–H groups in total. The summed E-state index contributed by atoms with van der Waals surface area (Å²) < 4.78 is 10.9. The van der Waals surface area contributed by atoms with Gasteiger partial charge in [0.15, 0.2) is 6.29 Å². The summed E-state index contributed by atoms with van der Waals surface area (Å²) in [6.45, 7) is 4.38. The first-order chi connectivity index (χ1) is 14.6. The minimum atomic E-state index is -0.0914. The highest BCUT2D eigenvalue weighted by molar-refractivity contribution is 5.51. The molecule has 4 nitrogen and oxygen atoms in total. The van der Waals surface area contributed by atoms with Crippen LogP contribution in [0.3, 0.4) is 0 Å². The molecule has 0 aromatic heterocycles. The summed E-state index contributed by atoms with van der Waals surface area (Å²) in [6.07, 6.45) is 5.52. The molecule has 4 rings (SSSR count). The van der Waals surface area contributed by atoms with E-state index in [1.165, 1.54) is 35.2 Å². The van der Waals surface area contributed by atoms with Crippen LogP contribution in [0.1, 0.15) is 55.2 Å². The number of phenols is 1. The molecule has 0 saturated carbocycles. The van der Waals surface area contributed by atoms with Crippen molar-refractivity contribution in [2.24, 2.45) is 11.8 Å². The van der Waals surface area contributed by atoms with Gasteiger partial charge in [-0.05, 0) is 72.6 Å². The van der Waals surface area contributed by atoms with E-state index in [9.17, 15) is 5.11 Å². The number of benzene rings is 2. The minimum absolute atomic E-state index is 0.0914. The Morgan fingerprint density at radius 2 is 1.70 bits per heavy atom. The lowest BCUT2D eigenvalue weighted by Gasteiger charge is -2.37. The van der Waals surface area contributed by atoms with E-state index in [4.69, 9.17) is 9.47 Å². The van der Waals surface area contributed by atoms with Gasteiger partial charge in [0, 0.05) is 44.8 Å². The summed E-state index contributed by atoms with van der Waals surface area (Å²) in [5, 5.41) is 9.91. The number of fused-ring (bicyclic) bond motifs is 1. The second kappa shape index (κ2) is 9.40. The minimum Gasteiger partial charge on any atom is -0.508 e. The topological polar surface area (TPSA) is 41.9 Å². The number of nitrogens with zero attached hydrogens (tertiary/aromatic N) is 1. The second-order valence-corrected chi connectivity index (χ2v) is 8.82. The fraction of sp³-hybridized carbons (Fsp3) is 0.538. The van der Waals surface area contributed by atoms with Crippen LogP contribution in [0.5, 0.6) is 5.75 Å². The maximum absolute atomic E-state index is 9.91. The van der Waals surface area contributed by atoms with Crippen molar-refractivity contribution in [3.63, 3.8) is 0 Å². The summed E-state index contributed by atoms with van der Waals surface area (Å²) in [5.41, 5.74) is 5.40. The summed E-state index contributed by atoms with van der Waals surface area (Å²) in [4.78, 5) is 2.48. The number of hydrogen-bond acceptors (Lipinski definition) is 4. The molecular formula is C26H35NO3. The Morgan fingerprint density at radius 3 is 2.33 bits per heavy atom. The SMILES string of the molecule is CC[C@@H]1CCc2cc(O)ccc2[C@@H]1c1ccc(N2CCC(C(OC)OC)CC2)cc1. The average molecular weight is 410 g/mol. The Balaban J connectivity index is 1.50. The Kier molecular flexibility index (Phi) is 6.64. The van der Waals surface area contributed by atoms with Crippen LogP contribution in [0.4, 0.5) is 5.69 Å². The van der Waals surface area contributed by atoms with Gasteiger partial charge in [0.05, 0.1) is 0 Å². The van der Waals surface area contributed by atoms with Crippen LogP contribution in [-0.2, 0) is 15.9 Å². The van der Waals surface area contributed by atoms with Crippen LogP contribution in [0, 0.1) is 11.8 Å². The zero-order valence-electron chi connectivity index (χ0n) is 18.5. The van der Waals surface area contributed by atoms with E-state index in [1.54, 1.807) is 14.2 Å². The van der Waals surface area contributed by atoms with E-state index in [0.717, 1.165) is 32.4 Å². The quantitative estimate of drug-likeness (QED) is 0.655. The molecule has 0 bridgehead atoms. The molecule has 2 aromatic carbocycles. The van der Waals surface area contributed by atoms with Gasteiger partial charge in [-0.15, -0.1) is 0 Å². The van der Waals surface area contributed by atoms with Gasteiger partial charge >= 0.3 is 0 Å². The molecule has 0 radical (unpaired) electrons. The fourth-order valence-corrected chi connectivity index (χ4v) is 5.57. The van der Waals surface area contributed by atoms with Crippen LogP contribution in [0.2, 0.25) is 0 Å². The zero-order chi connectivity index (χ0) is 21.1. The maximum Gasteiger partial charge on any atom is 0.159 e. The number of phenolic OH excluding ortho intramolecular Hbond substituents is 1. The third-order valence-electron chi connectivity index (χ3n) is 7.25. The largest absolute Gasteiger partial charge is 0.508 e. The number of rotatable bonds is 6. The predicted molar refractivity (Wildman–Crippen MR) is 121 cm³/mol. The van der Waals surface area contributed by atoms with Gasteiger partial charge in [-0.3, -0.25) is 0 Å². The highest BCUT2D eigenvalue weighted by Crippen LogP contribution is 2.43. The Bertz CT molecular complexity index is 823. The van der Waals surface area contributed by atoms with E-state index in [-0.39, 0.29) is 6.29 Å². The van der Waals surface area contributed by atoms with Gasteiger partial charge in [0.2, 0.25) is 0 Å². The summed E-state index contributed by atoms with van der Waals surface area (Å²) in [6, 6.07) is 15.2. The van der Waals surface area contributed by atoms with Crippen molar-refractivity contribution in [1.82, 2.24) is 0 Å². The fourth-order valence-electron chi connectivity index (χ4n) is 5.57. The molecule has 30 heavy (non-hydrogen) atoms. The molecule has 4 heteroatoms. The molecule has 0 spiro atoms. The van der Waals surface area contributed by atoms with Crippen molar-refractivity contribution >= 4 is 5.69 Å². The number of ether oxygens (including phenoxy) is 2. The number of hydrogen-bond donors (Lipinski definition) is 1. The summed E-state index contributed by atoms with van der Waals surface area (Å²) in [5.74, 6) is 1.92. The maximum atomic E-state index is 9.91. The van der Waals surface area contributed by atoms with Crippen molar-refractivity contribution in [3.8, 4) is 5.75 Å². The lowest BCUT2D eigenvalue weighted by atomic mass is 9.71. The molecule has 1 saturated heterocycles. The van der Waals surface area contributed by atoms with Crippen LogP contribution < -0.4 is 4.90 Å². The van der Waals surface area contributed by atoms with Crippen molar-refractivity contribution < 1.29 is 14.6 Å². The Labute approximate surface area is 180 Å².